The van der Waals surface area contributed by atoms with Crippen LogP contribution in [0.15, 0.2) is 12.3 Å². The molecule has 2 nitrogen and oxygen atoms in total. The second kappa shape index (κ2) is 2.50. The number of Topliss-reactive ketones (excluding diaryl/α,β-unsaturated/α-hetero) is 1. The first kappa shape index (κ1) is 5.35. The van der Waals surface area contributed by atoms with Crippen molar-refractivity contribution in [1.29, 1.82) is 0 Å². The van der Waals surface area contributed by atoms with E-state index in [0.29, 0.717) is 18.6 Å². The number of nitrogens with one attached hydrogen (secondary N) is 1. The Balaban J connectivity index is 2.41. The topological polar surface area (TPSA) is 29.1 Å². The molecule has 0 aromatic rings. The summed E-state index contributed by atoms with van der Waals surface area (Å²) in [6.07, 6.45) is 4.97. The molecular formula is C6H9NO. The standard InChI is InChI=1S/C6H9NO/c8-6-2-1-4-7-5-3-6/h1,4,7H,2-3,5H2. The Bertz CT molecular complexity index is 118. The van der Waals surface area contributed by atoms with Gasteiger partial charge in [-0.05, 0) is 6.20 Å². The van der Waals surface area contributed by atoms with Crippen molar-refractivity contribution in [2.24, 2.45) is 0 Å². The Morgan fingerprint density at radius 2 is 2.50 bits per heavy atom. The molecule has 0 bridgehead atoms. The maximum atomic E-state index is 10.6. The summed E-state index contributed by atoms with van der Waals surface area (Å²) in [5.74, 6) is 0.325. The number of hydrogen-bond donors (Lipinski definition) is 1. The molecule has 0 atom stereocenters. The SMILES string of the molecule is O=C1CC=CNCC1. The average Bonchev–Trinajstić information content (AvgIpc) is 1.94. The molecule has 0 saturated carbocycles. The van der Waals surface area contributed by atoms with Crippen molar-refractivity contribution in [1.82, 2.24) is 5.32 Å². The minimum Gasteiger partial charge on any atom is -0.391 e. The maximum Gasteiger partial charge on any atom is 0.138 e. The Labute approximate surface area is 48.6 Å². The number of carbonyl (C=O) groups excluding carboxylic acids is 1. The molecule has 1 N–H and O–H groups in total. The molecule has 1 heterocycles. The van der Waals surface area contributed by atoms with Crippen LogP contribution in [-0.4, -0.2) is 12.3 Å². The maximum absolute atomic E-state index is 10.6. The molecule has 0 saturated heterocycles. The summed E-state index contributed by atoms with van der Waals surface area (Å²) in [5, 5.41) is 2.98. The fourth-order valence-electron chi connectivity index (χ4n) is 0.671. The molecule has 2 heteroatoms. The van der Waals surface area contributed by atoms with Gasteiger partial charge in [-0.1, -0.05) is 6.08 Å². The van der Waals surface area contributed by atoms with Crippen molar-refractivity contribution in [3.8, 4) is 0 Å². The van der Waals surface area contributed by atoms with Crippen molar-refractivity contribution in [2.45, 2.75) is 12.8 Å². The third-order valence-corrected chi connectivity index (χ3v) is 1.13. The summed E-state index contributed by atoms with van der Waals surface area (Å²) in [7, 11) is 0. The molecule has 0 unspecified atom stereocenters. The van der Waals surface area contributed by atoms with E-state index in [1.165, 1.54) is 0 Å². The summed E-state index contributed by atoms with van der Waals surface area (Å²) in [5.41, 5.74) is 0. The van der Waals surface area contributed by atoms with Crippen LogP contribution in [0.25, 0.3) is 0 Å². The van der Waals surface area contributed by atoms with Gasteiger partial charge in [-0.3, -0.25) is 4.79 Å². The molecule has 1 rings (SSSR count). The lowest BCUT2D eigenvalue weighted by Crippen LogP contribution is -2.07. The van der Waals surface area contributed by atoms with E-state index in [1.54, 1.807) is 0 Å². The zero-order valence-electron chi connectivity index (χ0n) is 4.68. The second-order valence-corrected chi connectivity index (χ2v) is 1.85. The van der Waals surface area contributed by atoms with Crippen molar-refractivity contribution < 1.29 is 4.79 Å². The van der Waals surface area contributed by atoms with Crippen molar-refractivity contribution in [3.63, 3.8) is 0 Å². The van der Waals surface area contributed by atoms with Crippen LogP contribution in [0.3, 0.4) is 0 Å². The van der Waals surface area contributed by atoms with E-state index in [-0.39, 0.29) is 0 Å². The highest BCUT2D eigenvalue weighted by atomic mass is 16.1. The van der Waals surface area contributed by atoms with Crippen molar-refractivity contribution >= 4 is 5.78 Å². The summed E-state index contributed by atoms with van der Waals surface area (Å²) >= 11 is 0. The molecule has 1 aliphatic rings. The molecule has 0 spiro atoms. The largest absolute Gasteiger partial charge is 0.391 e. The van der Waals surface area contributed by atoms with Crippen LogP contribution in [0.4, 0.5) is 0 Å². The van der Waals surface area contributed by atoms with E-state index < -0.39 is 0 Å². The lowest BCUT2D eigenvalue weighted by atomic mass is 10.2. The van der Waals surface area contributed by atoms with E-state index in [0.717, 1.165) is 6.54 Å². The van der Waals surface area contributed by atoms with Crippen molar-refractivity contribution in [3.05, 3.63) is 12.3 Å². The molecule has 0 aromatic carbocycles. The smallest absolute Gasteiger partial charge is 0.138 e. The first-order valence-corrected chi connectivity index (χ1v) is 2.80. The van der Waals surface area contributed by atoms with Crippen LogP contribution in [0.2, 0.25) is 0 Å². The number of hydrogen-bond acceptors (Lipinski definition) is 2. The zero-order chi connectivity index (χ0) is 5.82. The second-order valence-electron chi connectivity index (χ2n) is 1.85. The van der Waals surface area contributed by atoms with E-state index in [4.69, 9.17) is 0 Å². The summed E-state index contributed by atoms with van der Waals surface area (Å²) in [6, 6.07) is 0. The molecule has 44 valence electrons. The monoisotopic (exact) mass is 111 g/mol. The number of allylic oxidation sites excluding steroid dienone is 1. The minimum absolute atomic E-state index is 0.325. The van der Waals surface area contributed by atoms with Gasteiger partial charge in [0.25, 0.3) is 0 Å². The lowest BCUT2D eigenvalue weighted by molar-refractivity contribution is -0.118. The first-order chi connectivity index (χ1) is 3.89. The number of ketones is 1. The Kier molecular flexibility index (Phi) is 1.67. The Morgan fingerprint density at radius 1 is 1.62 bits per heavy atom. The van der Waals surface area contributed by atoms with E-state index in [1.807, 2.05) is 12.3 Å². The highest BCUT2D eigenvalue weighted by molar-refractivity contribution is 5.80. The molecule has 0 aliphatic carbocycles. The quantitative estimate of drug-likeness (QED) is 0.492. The van der Waals surface area contributed by atoms with E-state index >= 15 is 0 Å². The van der Waals surface area contributed by atoms with E-state index in [2.05, 4.69) is 5.32 Å². The normalized spacial score (nSPS) is 19.8. The van der Waals surface area contributed by atoms with Crippen molar-refractivity contribution in [2.75, 3.05) is 6.54 Å². The van der Waals surface area contributed by atoms with Crippen LogP contribution in [0, 0.1) is 0 Å². The van der Waals surface area contributed by atoms with Crippen LogP contribution in [-0.2, 0) is 4.79 Å². The predicted octanol–water partition coefficient (Wildman–Crippen LogP) is 0.453. The van der Waals surface area contributed by atoms with Gasteiger partial charge in [0.1, 0.15) is 5.78 Å². The van der Waals surface area contributed by atoms with Gasteiger partial charge in [-0.15, -0.1) is 0 Å². The van der Waals surface area contributed by atoms with Gasteiger partial charge in [0.2, 0.25) is 0 Å². The third kappa shape index (κ3) is 1.37. The van der Waals surface area contributed by atoms with Crippen LogP contribution in [0.1, 0.15) is 12.8 Å². The fourth-order valence-corrected chi connectivity index (χ4v) is 0.671. The van der Waals surface area contributed by atoms with E-state index in [9.17, 15) is 4.79 Å². The highest BCUT2D eigenvalue weighted by Gasteiger charge is 1.99. The Morgan fingerprint density at radius 3 is 3.38 bits per heavy atom. The Hall–Kier alpha value is -0.790. The molecule has 0 radical (unpaired) electrons. The van der Waals surface area contributed by atoms with Crippen LogP contribution >= 0.6 is 0 Å². The first-order valence-electron chi connectivity index (χ1n) is 2.80. The molecular weight excluding hydrogens is 102 g/mol. The van der Waals surface area contributed by atoms with Gasteiger partial charge in [-0.2, -0.15) is 0 Å². The minimum atomic E-state index is 0.325. The average molecular weight is 111 g/mol. The van der Waals surface area contributed by atoms with Crippen LogP contribution < -0.4 is 5.32 Å². The molecule has 0 fully saturated rings. The highest BCUT2D eigenvalue weighted by Crippen LogP contribution is 1.93. The summed E-state index contributed by atoms with van der Waals surface area (Å²) in [6.45, 7) is 0.801. The van der Waals surface area contributed by atoms with Gasteiger partial charge in [0.05, 0.1) is 0 Å². The zero-order valence-corrected chi connectivity index (χ0v) is 4.68. The molecule has 1 aliphatic heterocycles. The molecule has 0 amide bonds. The van der Waals surface area contributed by atoms with Gasteiger partial charge < -0.3 is 5.32 Å². The lowest BCUT2D eigenvalue weighted by Gasteiger charge is -1.90. The van der Waals surface area contributed by atoms with Gasteiger partial charge in [0.15, 0.2) is 0 Å². The van der Waals surface area contributed by atoms with Gasteiger partial charge in [0, 0.05) is 19.4 Å². The van der Waals surface area contributed by atoms with Gasteiger partial charge >= 0.3 is 0 Å². The van der Waals surface area contributed by atoms with Gasteiger partial charge in [-0.25, -0.2) is 0 Å². The van der Waals surface area contributed by atoms with Crippen LogP contribution in [0.5, 0.6) is 0 Å². The number of carbonyl (C=O) groups is 1. The number of rotatable bonds is 0. The summed E-state index contributed by atoms with van der Waals surface area (Å²) in [4.78, 5) is 10.6. The third-order valence-electron chi connectivity index (χ3n) is 1.13. The molecule has 8 heavy (non-hydrogen) atoms. The summed E-state index contributed by atoms with van der Waals surface area (Å²) < 4.78 is 0. The predicted molar refractivity (Wildman–Crippen MR) is 31.4 cm³/mol. The molecule has 0 aromatic heterocycles. The fraction of sp³-hybridized carbons (Fsp3) is 0.500.